The molecule has 4 rings (SSSR count). The zero-order valence-corrected chi connectivity index (χ0v) is 14.1. The lowest BCUT2D eigenvalue weighted by molar-refractivity contribution is -0.384. The van der Waals surface area contributed by atoms with Crippen molar-refractivity contribution in [3.63, 3.8) is 0 Å². The zero-order chi connectivity index (χ0) is 17.2. The van der Waals surface area contributed by atoms with Gasteiger partial charge in [0.05, 0.1) is 11.5 Å². The van der Waals surface area contributed by atoms with E-state index in [9.17, 15) is 10.1 Å². The average molecular weight is 342 g/mol. The quantitative estimate of drug-likeness (QED) is 0.623. The van der Waals surface area contributed by atoms with Crippen molar-refractivity contribution in [1.29, 1.82) is 0 Å². The third-order valence-electron chi connectivity index (χ3n) is 5.54. The van der Waals surface area contributed by atoms with Crippen molar-refractivity contribution >= 4 is 5.69 Å². The van der Waals surface area contributed by atoms with E-state index >= 15 is 0 Å². The van der Waals surface area contributed by atoms with Crippen LogP contribution in [0.15, 0.2) is 28.8 Å². The summed E-state index contributed by atoms with van der Waals surface area (Å²) in [6.45, 7) is 2.90. The molecule has 0 amide bonds. The molecule has 2 aliphatic rings. The van der Waals surface area contributed by atoms with Gasteiger partial charge in [-0.3, -0.25) is 15.0 Å². The molecule has 1 saturated carbocycles. The van der Waals surface area contributed by atoms with E-state index in [0.717, 1.165) is 30.5 Å². The molecule has 0 unspecified atom stereocenters. The maximum Gasteiger partial charge on any atom is 0.269 e. The summed E-state index contributed by atoms with van der Waals surface area (Å²) in [6, 6.07) is 6.22. The van der Waals surface area contributed by atoms with Crippen LogP contribution in [0.2, 0.25) is 0 Å². The van der Waals surface area contributed by atoms with Gasteiger partial charge in [-0.15, -0.1) is 0 Å². The van der Waals surface area contributed by atoms with Gasteiger partial charge in [-0.1, -0.05) is 24.4 Å². The highest BCUT2D eigenvalue weighted by Gasteiger charge is 2.31. The van der Waals surface area contributed by atoms with Gasteiger partial charge in [0, 0.05) is 24.2 Å². The minimum absolute atomic E-state index is 0.0582. The van der Waals surface area contributed by atoms with Gasteiger partial charge in [0.25, 0.3) is 5.69 Å². The number of hydrogen-bond donors (Lipinski definition) is 0. The molecule has 132 valence electrons. The first-order valence-corrected chi connectivity index (χ1v) is 8.99. The maximum atomic E-state index is 10.7. The lowest BCUT2D eigenvalue weighted by Crippen LogP contribution is -2.41. The molecule has 0 bridgehead atoms. The van der Waals surface area contributed by atoms with E-state index < -0.39 is 4.92 Å². The van der Waals surface area contributed by atoms with Gasteiger partial charge in [-0.2, -0.15) is 4.98 Å². The molecular weight excluding hydrogens is 320 g/mol. The monoisotopic (exact) mass is 342 g/mol. The lowest BCUT2D eigenvalue weighted by atomic mass is 9.75. The molecule has 25 heavy (non-hydrogen) atoms. The van der Waals surface area contributed by atoms with E-state index in [-0.39, 0.29) is 5.69 Å². The zero-order valence-electron chi connectivity index (χ0n) is 14.1. The molecule has 1 saturated heterocycles. The van der Waals surface area contributed by atoms with Crippen LogP contribution in [0.3, 0.4) is 0 Å². The first-order valence-electron chi connectivity index (χ1n) is 8.99. The number of aromatic nitrogens is 2. The van der Waals surface area contributed by atoms with E-state index in [4.69, 9.17) is 4.52 Å². The summed E-state index contributed by atoms with van der Waals surface area (Å²) in [5.41, 5.74) is 0.786. The highest BCUT2D eigenvalue weighted by atomic mass is 16.6. The van der Waals surface area contributed by atoms with Gasteiger partial charge in [0.1, 0.15) is 0 Å². The molecule has 7 heteroatoms. The summed E-state index contributed by atoms with van der Waals surface area (Å²) in [6.07, 6.45) is 6.76. The first kappa shape index (κ1) is 16.2. The Kier molecular flexibility index (Phi) is 4.48. The normalized spacial score (nSPS) is 24.0. The number of piperidine rings is 1. The van der Waals surface area contributed by atoms with Crippen molar-refractivity contribution in [3.8, 4) is 11.4 Å². The number of likely N-dealkylation sites (tertiary alicyclic amines) is 1. The van der Waals surface area contributed by atoms with Crippen LogP contribution in [0.4, 0.5) is 5.69 Å². The van der Waals surface area contributed by atoms with Crippen LogP contribution in [0.5, 0.6) is 0 Å². The third-order valence-corrected chi connectivity index (χ3v) is 5.54. The van der Waals surface area contributed by atoms with Crippen LogP contribution in [0.25, 0.3) is 11.4 Å². The largest absolute Gasteiger partial charge is 0.338 e. The molecule has 0 spiro atoms. The Balaban J connectivity index is 1.40. The van der Waals surface area contributed by atoms with Gasteiger partial charge in [0.2, 0.25) is 11.7 Å². The number of fused-ring (bicyclic) bond motifs is 1. The Morgan fingerprint density at radius 3 is 2.68 bits per heavy atom. The van der Waals surface area contributed by atoms with Crippen molar-refractivity contribution in [3.05, 3.63) is 40.3 Å². The highest BCUT2D eigenvalue weighted by Crippen LogP contribution is 2.36. The minimum atomic E-state index is -0.416. The summed E-state index contributed by atoms with van der Waals surface area (Å²) >= 11 is 0. The molecule has 1 aromatic carbocycles. The summed E-state index contributed by atoms with van der Waals surface area (Å²) < 4.78 is 5.40. The molecule has 1 aliphatic heterocycles. The number of benzene rings is 1. The smallest absolute Gasteiger partial charge is 0.269 e. The minimum Gasteiger partial charge on any atom is -0.338 e. The van der Waals surface area contributed by atoms with E-state index in [1.54, 1.807) is 12.1 Å². The van der Waals surface area contributed by atoms with Crippen LogP contribution < -0.4 is 0 Å². The number of hydrogen-bond acceptors (Lipinski definition) is 6. The summed E-state index contributed by atoms with van der Waals surface area (Å²) in [4.78, 5) is 17.2. The Labute approximate surface area is 146 Å². The molecule has 0 N–H and O–H groups in total. The van der Waals surface area contributed by atoms with E-state index in [2.05, 4.69) is 15.0 Å². The molecule has 2 aromatic rings. The van der Waals surface area contributed by atoms with Crippen LogP contribution in [-0.2, 0) is 6.54 Å². The van der Waals surface area contributed by atoms with Crippen molar-refractivity contribution < 1.29 is 9.45 Å². The van der Waals surface area contributed by atoms with Crippen LogP contribution >= 0.6 is 0 Å². The molecule has 1 aromatic heterocycles. The van der Waals surface area contributed by atoms with Gasteiger partial charge in [-0.05, 0) is 43.4 Å². The summed E-state index contributed by atoms with van der Waals surface area (Å²) in [5.74, 6) is 2.82. The molecule has 2 heterocycles. The number of rotatable bonds is 4. The van der Waals surface area contributed by atoms with Crippen molar-refractivity contribution in [2.24, 2.45) is 11.8 Å². The fourth-order valence-corrected chi connectivity index (χ4v) is 4.18. The van der Waals surface area contributed by atoms with E-state index in [0.29, 0.717) is 18.3 Å². The summed E-state index contributed by atoms with van der Waals surface area (Å²) in [5, 5.41) is 14.8. The van der Waals surface area contributed by atoms with Crippen molar-refractivity contribution in [2.75, 3.05) is 13.1 Å². The molecule has 2 fully saturated rings. The standard InChI is InChI=1S/C18H22N4O3/c23-22(24)16-7-5-14(6-8-16)18-19-17(25-20-18)12-21-10-9-13-3-1-2-4-15(13)11-21/h5-8,13,15H,1-4,9-12H2/t13-,15-/m1/s1. The average Bonchev–Trinajstić information content (AvgIpc) is 3.10. The molecule has 7 nitrogen and oxygen atoms in total. The number of nitrogens with zero attached hydrogens (tertiary/aromatic N) is 4. The Morgan fingerprint density at radius 2 is 1.92 bits per heavy atom. The molecule has 1 aliphatic carbocycles. The summed E-state index contributed by atoms with van der Waals surface area (Å²) in [7, 11) is 0. The number of non-ortho nitro benzene ring substituents is 1. The molecular formula is C18H22N4O3. The molecule has 0 radical (unpaired) electrons. The topological polar surface area (TPSA) is 85.3 Å². The maximum absolute atomic E-state index is 10.7. The number of nitro benzene ring substituents is 1. The van der Waals surface area contributed by atoms with Crippen LogP contribution in [0.1, 0.15) is 38.0 Å². The SMILES string of the molecule is O=[N+]([O-])c1ccc(-c2noc(CN3CC[C@H]4CCCC[C@@H]4C3)n2)cc1. The second kappa shape index (κ2) is 6.92. The Morgan fingerprint density at radius 1 is 1.16 bits per heavy atom. The van der Waals surface area contributed by atoms with Gasteiger partial charge in [0.15, 0.2) is 0 Å². The fourth-order valence-electron chi connectivity index (χ4n) is 4.18. The predicted molar refractivity (Wildman–Crippen MR) is 91.7 cm³/mol. The Bertz CT molecular complexity index is 743. The van der Waals surface area contributed by atoms with Crippen molar-refractivity contribution in [2.45, 2.75) is 38.6 Å². The first-order chi connectivity index (χ1) is 12.2. The fraction of sp³-hybridized carbons (Fsp3) is 0.556. The third kappa shape index (κ3) is 3.56. The van der Waals surface area contributed by atoms with Gasteiger partial charge < -0.3 is 4.52 Å². The van der Waals surface area contributed by atoms with Gasteiger partial charge >= 0.3 is 0 Å². The highest BCUT2D eigenvalue weighted by molar-refractivity contribution is 5.56. The Hall–Kier alpha value is -2.28. The van der Waals surface area contributed by atoms with Gasteiger partial charge in [-0.25, -0.2) is 0 Å². The predicted octanol–water partition coefficient (Wildman–Crippen LogP) is 3.66. The van der Waals surface area contributed by atoms with Crippen LogP contribution in [-0.4, -0.2) is 33.1 Å². The van der Waals surface area contributed by atoms with Crippen molar-refractivity contribution in [1.82, 2.24) is 15.0 Å². The van der Waals surface area contributed by atoms with E-state index in [1.807, 2.05) is 0 Å². The number of nitro groups is 1. The van der Waals surface area contributed by atoms with Crippen LogP contribution in [0, 0.1) is 22.0 Å². The van der Waals surface area contributed by atoms with E-state index in [1.165, 1.54) is 44.2 Å². The lowest BCUT2D eigenvalue weighted by Gasteiger charge is -2.40. The second-order valence-electron chi connectivity index (χ2n) is 7.14. The second-order valence-corrected chi connectivity index (χ2v) is 7.14. The molecule has 2 atom stereocenters.